The van der Waals surface area contributed by atoms with Crippen LogP contribution in [0.15, 0.2) is 47.4 Å². The SMILES string of the molecule is CC1CCN(C(=O)CN(c2cc(C(F)(F)F)ccc2Cl)S(=O)(=O)c2ccc(Cl)cc2)CC1CNC(=O)NC1CC1. The van der Waals surface area contributed by atoms with Gasteiger partial charge in [0, 0.05) is 30.7 Å². The number of alkyl halides is 3. The number of piperidine rings is 1. The lowest BCUT2D eigenvalue weighted by molar-refractivity contribution is -0.137. The van der Waals surface area contributed by atoms with Crippen LogP contribution in [0.5, 0.6) is 0 Å². The van der Waals surface area contributed by atoms with Crippen molar-refractivity contribution in [2.45, 2.75) is 43.3 Å². The number of halogens is 5. The van der Waals surface area contributed by atoms with Gasteiger partial charge in [0.1, 0.15) is 6.54 Å². The molecule has 2 unspecified atom stereocenters. The Kier molecular flexibility index (Phi) is 9.11. The first kappa shape index (κ1) is 30.3. The van der Waals surface area contributed by atoms with Crippen LogP contribution in [-0.2, 0) is 21.0 Å². The summed E-state index contributed by atoms with van der Waals surface area (Å²) in [7, 11) is -4.53. The molecule has 0 bridgehead atoms. The average Bonchev–Trinajstić information content (AvgIpc) is 3.70. The number of carbonyl (C=O) groups excluding carboxylic acids is 2. The maximum atomic E-state index is 13.7. The van der Waals surface area contributed by atoms with Gasteiger partial charge in [-0.05, 0) is 73.6 Å². The predicted octanol–water partition coefficient (Wildman–Crippen LogP) is 5.15. The molecule has 8 nitrogen and oxygen atoms in total. The van der Waals surface area contributed by atoms with Crippen molar-refractivity contribution in [1.29, 1.82) is 0 Å². The van der Waals surface area contributed by atoms with Crippen LogP contribution in [0.1, 0.15) is 31.7 Å². The number of amides is 3. The van der Waals surface area contributed by atoms with Gasteiger partial charge >= 0.3 is 12.2 Å². The van der Waals surface area contributed by atoms with Gasteiger partial charge in [0.25, 0.3) is 10.0 Å². The van der Waals surface area contributed by atoms with Crippen LogP contribution < -0.4 is 14.9 Å². The van der Waals surface area contributed by atoms with Crippen LogP contribution in [0, 0.1) is 11.8 Å². The number of sulfonamides is 1. The summed E-state index contributed by atoms with van der Waals surface area (Å²) in [5.74, 6) is -0.524. The number of nitrogens with zero attached hydrogens (tertiary/aromatic N) is 2. The van der Waals surface area contributed by atoms with Crippen LogP contribution in [0.2, 0.25) is 10.0 Å². The zero-order valence-electron chi connectivity index (χ0n) is 21.5. The van der Waals surface area contributed by atoms with Crippen molar-refractivity contribution >= 4 is 50.9 Å². The normalized spacial score (nSPS) is 19.7. The van der Waals surface area contributed by atoms with E-state index in [-0.39, 0.29) is 45.4 Å². The number of anilines is 1. The fourth-order valence-electron chi connectivity index (χ4n) is 4.47. The maximum absolute atomic E-state index is 13.7. The number of rotatable bonds is 8. The summed E-state index contributed by atoms with van der Waals surface area (Å²) >= 11 is 12.1. The minimum absolute atomic E-state index is 0.0962. The average molecular weight is 622 g/mol. The summed E-state index contributed by atoms with van der Waals surface area (Å²) in [5, 5.41) is 5.65. The van der Waals surface area contributed by atoms with Crippen molar-refractivity contribution in [3.63, 3.8) is 0 Å². The molecule has 4 rings (SSSR count). The topological polar surface area (TPSA) is 98.8 Å². The van der Waals surface area contributed by atoms with Crippen LogP contribution in [0.4, 0.5) is 23.7 Å². The van der Waals surface area contributed by atoms with Crippen molar-refractivity contribution in [2.24, 2.45) is 11.8 Å². The number of nitrogens with one attached hydrogen (secondary N) is 2. The van der Waals surface area contributed by atoms with E-state index in [0.717, 1.165) is 25.0 Å². The fraction of sp³-hybridized carbons (Fsp3) is 0.462. The number of urea groups is 1. The highest BCUT2D eigenvalue weighted by Gasteiger charge is 2.36. The molecule has 1 saturated carbocycles. The van der Waals surface area contributed by atoms with Crippen LogP contribution in [0.3, 0.4) is 0 Å². The Hall–Kier alpha value is -2.70. The van der Waals surface area contributed by atoms with Crippen molar-refractivity contribution in [3.05, 3.63) is 58.1 Å². The second kappa shape index (κ2) is 12.0. The lowest BCUT2D eigenvalue weighted by Gasteiger charge is -2.38. The van der Waals surface area contributed by atoms with E-state index in [0.29, 0.717) is 29.9 Å². The van der Waals surface area contributed by atoms with Crippen LogP contribution in [-0.4, -0.2) is 57.5 Å². The summed E-state index contributed by atoms with van der Waals surface area (Å²) in [5.41, 5.74) is -1.59. The zero-order chi connectivity index (χ0) is 29.2. The number of hydrogen-bond donors (Lipinski definition) is 2. The first-order valence-corrected chi connectivity index (χ1v) is 14.9. The first-order valence-electron chi connectivity index (χ1n) is 12.7. The lowest BCUT2D eigenvalue weighted by Crippen LogP contribution is -2.51. The molecule has 2 aromatic rings. The van der Waals surface area contributed by atoms with Gasteiger partial charge in [0.05, 0.1) is 21.2 Å². The Morgan fingerprint density at radius 1 is 1.07 bits per heavy atom. The van der Waals surface area contributed by atoms with Gasteiger partial charge in [-0.3, -0.25) is 9.10 Å². The van der Waals surface area contributed by atoms with E-state index in [4.69, 9.17) is 23.2 Å². The van der Waals surface area contributed by atoms with E-state index in [1.807, 2.05) is 6.92 Å². The van der Waals surface area contributed by atoms with Gasteiger partial charge in [-0.2, -0.15) is 13.2 Å². The largest absolute Gasteiger partial charge is 0.416 e. The third-order valence-corrected chi connectivity index (χ3v) is 9.47. The van der Waals surface area contributed by atoms with E-state index < -0.39 is 39.9 Å². The maximum Gasteiger partial charge on any atom is 0.416 e. The molecule has 1 aliphatic carbocycles. The number of carbonyl (C=O) groups is 2. The van der Waals surface area contributed by atoms with Gasteiger partial charge < -0.3 is 15.5 Å². The highest BCUT2D eigenvalue weighted by atomic mass is 35.5. The third kappa shape index (κ3) is 7.32. The molecule has 2 aromatic carbocycles. The zero-order valence-corrected chi connectivity index (χ0v) is 23.9. The molecular formula is C26H29Cl2F3N4O4S. The number of likely N-dealkylation sites (tertiary alicyclic amines) is 1. The molecule has 0 spiro atoms. The molecule has 2 atom stereocenters. The Morgan fingerprint density at radius 2 is 1.75 bits per heavy atom. The molecule has 2 fully saturated rings. The molecule has 0 aromatic heterocycles. The first-order chi connectivity index (χ1) is 18.8. The summed E-state index contributed by atoms with van der Waals surface area (Å²) in [4.78, 5) is 26.8. The molecule has 3 amide bonds. The molecule has 2 N–H and O–H groups in total. The molecule has 14 heteroatoms. The van der Waals surface area contributed by atoms with Gasteiger partial charge in [-0.1, -0.05) is 30.1 Å². The number of benzene rings is 2. The molecule has 1 aliphatic heterocycles. The second-order valence-electron chi connectivity index (χ2n) is 10.1. The fourth-order valence-corrected chi connectivity index (χ4v) is 6.29. The van der Waals surface area contributed by atoms with E-state index in [1.54, 1.807) is 0 Å². The highest BCUT2D eigenvalue weighted by molar-refractivity contribution is 7.92. The van der Waals surface area contributed by atoms with Crippen LogP contribution >= 0.6 is 23.2 Å². The van der Waals surface area contributed by atoms with Crippen LogP contribution in [0.25, 0.3) is 0 Å². The summed E-state index contributed by atoms with van der Waals surface area (Å²) in [6, 6.07) is 7.27. The lowest BCUT2D eigenvalue weighted by atomic mass is 9.87. The Morgan fingerprint density at radius 3 is 2.38 bits per heavy atom. The smallest absolute Gasteiger partial charge is 0.341 e. The van der Waals surface area contributed by atoms with Gasteiger partial charge in [-0.15, -0.1) is 0 Å². The molecule has 0 radical (unpaired) electrons. The second-order valence-corrected chi connectivity index (χ2v) is 12.8. The van der Waals surface area contributed by atoms with Crippen molar-refractivity contribution in [2.75, 3.05) is 30.5 Å². The Labute approximate surface area is 240 Å². The highest BCUT2D eigenvalue weighted by Crippen LogP contribution is 2.37. The van der Waals surface area contributed by atoms with E-state index in [2.05, 4.69) is 10.6 Å². The van der Waals surface area contributed by atoms with Gasteiger partial charge in [0.2, 0.25) is 5.91 Å². The molecular weight excluding hydrogens is 592 g/mol. The molecule has 1 saturated heterocycles. The quantitative estimate of drug-likeness (QED) is 0.426. The summed E-state index contributed by atoms with van der Waals surface area (Å²) in [6.07, 6.45) is -2.27. The minimum atomic E-state index is -4.77. The van der Waals surface area contributed by atoms with Crippen molar-refractivity contribution < 1.29 is 31.2 Å². The molecule has 40 heavy (non-hydrogen) atoms. The number of hydrogen-bond acceptors (Lipinski definition) is 4. The monoisotopic (exact) mass is 620 g/mol. The molecule has 218 valence electrons. The standard InChI is InChI=1S/C26H29Cl2F3N4O4S/c1-16-10-11-34(14-17(16)13-32-25(37)33-20-5-6-20)24(36)15-35(40(38,39)21-7-3-19(27)4-8-21)23-12-18(26(29,30)31)2-9-22(23)28/h2-4,7-9,12,16-17,20H,5-6,10-11,13-15H2,1H3,(H2,32,33,37). The Bertz CT molecular complexity index is 1350. The van der Waals surface area contributed by atoms with Crippen molar-refractivity contribution in [3.8, 4) is 0 Å². The van der Waals surface area contributed by atoms with E-state index in [1.165, 1.54) is 29.2 Å². The summed E-state index contributed by atoms with van der Waals surface area (Å²) in [6.45, 7) is 2.12. The van der Waals surface area contributed by atoms with Gasteiger partial charge in [0.15, 0.2) is 0 Å². The predicted molar refractivity (Wildman–Crippen MR) is 146 cm³/mol. The molecule has 2 aliphatic rings. The Balaban J connectivity index is 1.59. The van der Waals surface area contributed by atoms with E-state index >= 15 is 0 Å². The summed E-state index contributed by atoms with van der Waals surface area (Å²) < 4.78 is 68.5. The molecule has 1 heterocycles. The van der Waals surface area contributed by atoms with E-state index in [9.17, 15) is 31.2 Å². The third-order valence-electron chi connectivity index (χ3n) is 7.13. The van der Waals surface area contributed by atoms with Gasteiger partial charge in [-0.25, -0.2) is 13.2 Å². The minimum Gasteiger partial charge on any atom is -0.341 e. The van der Waals surface area contributed by atoms with Crippen molar-refractivity contribution in [1.82, 2.24) is 15.5 Å².